The number of rotatable bonds is 6. The first kappa shape index (κ1) is 19.9. The molecule has 5 rings (SSSR count). The Labute approximate surface area is 184 Å². The minimum atomic E-state index is -0.296. The molecule has 0 spiro atoms. The molecule has 0 saturated carbocycles. The van der Waals surface area contributed by atoms with Crippen molar-refractivity contribution in [3.8, 4) is 17.2 Å². The number of hydrogen-bond acceptors (Lipinski definition) is 7. The van der Waals surface area contributed by atoms with Crippen LogP contribution in [0.4, 0.5) is 0 Å². The van der Waals surface area contributed by atoms with Crippen LogP contribution in [0.5, 0.6) is 17.2 Å². The fourth-order valence-electron chi connectivity index (χ4n) is 3.71. The Morgan fingerprint density at radius 2 is 1.94 bits per heavy atom. The molecule has 0 bridgehead atoms. The maximum absolute atomic E-state index is 12.9. The van der Waals surface area contributed by atoms with Crippen molar-refractivity contribution < 1.29 is 19.0 Å². The van der Waals surface area contributed by atoms with Gasteiger partial charge in [-0.1, -0.05) is 18.2 Å². The molecule has 8 heteroatoms. The minimum Gasteiger partial charge on any atom is -0.492 e. The number of nitrogens with zero attached hydrogens (tertiary/aromatic N) is 2. The maximum atomic E-state index is 12.9. The summed E-state index contributed by atoms with van der Waals surface area (Å²) in [6, 6.07) is 16.0. The molecule has 0 fully saturated rings. The summed E-state index contributed by atoms with van der Waals surface area (Å²) in [5.41, 5.74) is 2.58. The zero-order valence-corrected chi connectivity index (χ0v) is 17.2. The molecule has 0 saturated heterocycles. The summed E-state index contributed by atoms with van der Waals surface area (Å²) in [5, 5.41) is 7.51. The van der Waals surface area contributed by atoms with Crippen LogP contribution in [0.2, 0.25) is 0 Å². The van der Waals surface area contributed by atoms with Crippen LogP contribution in [0.1, 0.15) is 21.6 Å². The van der Waals surface area contributed by atoms with E-state index in [0.717, 1.165) is 23.3 Å². The standard InChI is InChI=1S/C24H21N3O5/c28-21(14-20-18-13-23-22(31-15-32-23)12-16(18)8-9-25-20)19-6-7-24(29)27(26-19)10-11-30-17-4-2-1-3-5-17/h1-7,12-14,25H,8-11,15H2/b20-14-. The first-order valence-corrected chi connectivity index (χ1v) is 10.4. The molecule has 8 nitrogen and oxygen atoms in total. The van der Waals surface area contributed by atoms with Crippen LogP contribution in [0, 0.1) is 0 Å². The van der Waals surface area contributed by atoms with Crippen molar-refractivity contribution in [2.45, 2.75) is 13.0 Å². The second kappa shape index (κ2) is 8.58. The number of carbonyl (C=O) groups excluding carboxylic acids is 1. The van der Waals surface area contributed by atoms with Crippen LogP contribution in [-0.2, 0) is 13.0 Å². The van der Waals surface area contributed by atoms with Gasteiger partial charge in [0.05, 0.1) is 6.54 Å². The van der Waals surface area contributed by atoms with E-state index in [1.54, 1.807) is 0 Å². The number of allylic oxidation sites excluding steroid dienone is 1. The molecule has 0 aliphatic carbocycles. The topological polar surface area (TPSA) is 91.7 Å². The summed E-state index contributed by atoms with van der Waals surface area (Å²) in [4.78, 5) is 25.1. The summed E-state index contributed by atoms with van der Waals surface area (Å²) in [5.74, 6) is 1.80. The van der Waals surface area contributed by atoms with E-state index in [2.05, 4.69) is 10.4 Å². The van der Waals surface area contributed by atoms with Gasteiger partial charge in [0.25, 0.3) is 5.56 Å². The summed E-state index contributed by atoms with van der Waals surface area (Å²) in [6.45, 7) is 1.40. The molecule has 1 aromatic heterocycles. The highest BCUT2D eigenvalue weighted by molar-refractivity contribution is 6.07. The smallest absolute Gasteiger partial charge is 0.266 e. The molecule has 0 amide bonds. The Balaban J connectivity index is 1.35. The Bertz CT molecular complexity index is 1250. The van der Waals surface area contributed by atoms with E-state index in [9.17, 15) is 9.59 Å². The molecule has 162 valence electrons. The second-order valence-corrected chi connectivity index (χ2v) is 7.40. The van der Waals surface area contributed by atoms with Gasteiger partial charge in [0.1, 0.15) is 18.1 Å². The van der Waals surface area contributed by atoms with E-state index < -0.39 is 0 Å². The maximum Gasteiger partial charge on any atom is 0.266 e. The molecule has 0 unspecified atom stereocenters. The highest BCUT2D eigenvalue weighted by Gasteiger charge is 2.22. The monoisotopic (exact) mass is 431 g/mol. The van der Waals surface area contributed by atoms with Crippen molar-refractivity contribution in [3.63, 3.8) is 0 Å². The van der Waals surface area contributed by atoms with E-state index in [1.807, 2.05) is 42.5 Å². The molecule has 3 heterocycles. The number of aromatic nitrogens is 2. The number of carbonyl (C=O) groups is 1. The van der Waals surface area contributed by atoms with Crippen LogP contribution in [0.3, 0.4) is 0 Å². The van der Waals surface area contributed by atoms with Crippen LogP contribution in [-0.4, -0.2) is 35.5 Å². The van der Waals surface area contributed by atoms with Gasteiger partial charge in [-0.15, -0.1) is 0 Å². The van der Waals surface area contributed by atoms with E-state index in [4.69, 9.17) is 14.2 Å². The number of ether oxygens (including phenoxy) is 3. The fraction of sp³-hybridized carbons (Fsp3) is 0.208. The van der Waals surface area contributed by atoms with Crippen molar-refractivity contribution in [1.82, 2.24) is 15.1 Å². The molecule has 0 radical (unpaired) electrons. The molecule has 2 aliphatic heterocycles. The summed E-state index contributed by atoms with van der Waals surface area (Å²) in [6.07, 6.45) is 2.33. The third kappa shape index (κ3) is 4.07. The number of hydrogen-bond donors (Lipinski definition) is 1. The van der Waals surface area contributed by atoms with Crippen molar-refractivity contribution in [1.29, 1.82) is 0 Å². The first-order chi connectivity index (χ1) is 15.7. The summed E-state index contributed by atoms with van der Waals surface area (Å²) >= 11 is 0. The van der Waals surface area contributed by atoms with E-state index in [1.165, 1.54) is 22.9 Å². The molecule has 1 N–H and O–H groups in total. The summed E-state index contributed by atoms with van der Waals surface area (Å²) in [7, 11) is 0. The highest BCUT2D eigenvalue weighted by Crippen LogP contribution is 2.38. The Kier molecular flexibility index (Phi) is 5.33. The number of ketones is 1. The molecule has 32 heavy (non-hydrogen) atoms. The Morgan fingerprint density at radius 3 is 2.78 bits per heavy atom. The van der Waals surface area contributed by atoms with E-state index in [0.29, 0.717) is 23.7 Å². The average molecular weight is 431 g/mol. The lowest BCUT2D eigenvalue weighted by molar-refractivity contribution is 0.103. The van der Waals surface area contributed by atoms with E-state index in [-0.39, 0.29) is 37.0 Å². The lowest BCUT2D eigenvalue weighted by atomic mass is 9.96. The number of fused-ring (bicyclic) bond motifs is 2. The zero-order chi connectivity index (χ0) is 21.9. The molecule has 2 aliphatic rings. The third-order valence-electron chi connectivity index (χ3n) is 5.31. The van der Waals surface area contributed by atoms with Gasteiger partial charge in [-0.3, -0.25) is 9.59 Å². The Morgan fingerprint density at radius 1 is 1.12 bits per heavy atom. The predicted octanol–water partition coefficient (Wildman–Crippen LogP) is 2.42. The highest BCUT2D eigenvalue weighted by atomic mass is 16.7. The predicted molar refractivity (Wildman–Crippen MR) is 117 cm³/mol. The minimum absolute atomic E-state index is 0.187. The largest absolute Gasteiger partial charge is 0.492 e. The number of para-hydroxylation sites is 1. The van der Waals surface area contributed by atoms with Crippen LogP contribution < -0.4 is 25.1 Å². The lowest BCUT2D eigenvalue weighted by Crippen LogP contribution is -2.27. The van der Waals surface area contributed by atoms with Crippen LogP contribution in [0.25, 0.3) is 5.70 Å². The van der Waals surface area contributed by atoms with Gasteiger partial charge in [-0.25, -0.2) is 4.68 Å². The molecular weight excluding hydrogens is 410 g/mol. The van der Waals surface area contributed by atoms with Gasteiger partial charge >= 0.3 is 0 Å². The average Bonchev–Trinajstić information content (AvgIpc) is 3.27. The number of nitrogens with one attached hydrogen (secondary N) is 1. The van der Waals surface area contributed by atoms with Gasteiger partial charge in [-0.05, 0) is 42.3 Å². The van der Waals surface area contributed by atoms with Crippen LogP contribution in [0.15, 0.2) is 65.5 Å². The van der Waals surface area contributed by atoms with Gasteiger partial charge in [0.15, 0.2) is 11.5 Å². The SMILES string of the molecule is O=C(/C=C1\NCCc2cc3c(cc21)OCO3)c1ccc(=O)n(CCOc2ccccc2)n1. The normalized spacial score (nSPS) is 15.2. The van der Waals surface area contributed by atoms with Crippen molar-refractivity contribution in [2.75, 3.05) is 19.9 Å². The van der Waals surface area contributed by atoms with Crippen molar-refractivity contribution >= 4 is 11.5 Å². The molecule has 2 aromatic carbocycles. The molecule has 0 atom stereocenters. The second-order valence-electron chi connectivity index (χ2n) is 7.40. The first-order valence-electron chi connectivity index (χ1n) is 10.4. The zero-order valence-electron chi connectivity index (χ0n) is 17.2. The van der Waals surface area contributed by atoms with Crippen LogP contribution >= 0.6 is 0 Å². The van der Waals surface area contributed by atoms with E-state index >= 15 is 0 Å². The third-order valence-corrected chi connectivity index (χ3v) is 5.31. The molecule has 3 aromatic rings. The molecular formula is C24H21N3O5. The number of benzene rings is 2. The quantitative estimate of drug-likeness (QED) is 0.473. The summed E-state index contributed by atoms with van der Waals surface area (Å²) < 4.78 is 17.8. The fourth-order valence-corrected chi connectivity index (χ4v) is 3.71. The van der Waals surface area contributed by atoms with Crippen molar-refractivity contribution in [3.05, 3.63) is 87.8 Å². The van der Waals surface area contributed by atoms with Gasteiger partial charge in [0.2, 0.25) is 12.6 Å². The van der Waals surface area contributed by atoms with Gasteiger partial charge in [0, 0.05) is 29.9 Å². The lowest BCUT2D eigenvalue weighted by Gasteiger charge is -2.21. The van der Waals surface area contributed by atoms with Crippen molar-refractivity contribution in [2.24, 2.45) is 0 Å². The van der Waals surface area contributed by atoms with Gasteiger partial charge in [-0.2, -0.15) is 5.10 Å². The van der Waals surface area contributed by atoms with Gasteiger partial charge < -0.3 is 19.5 Å². The Hall–Kier alpha value is -4.07.